The van der Waals surface area contributed by atoms with Gasteiger partial charge < -0.3 is 4.90 Å². The van der Waals surface area contributed by atoms with Crippen molar-refractivity contribution in [3.8, 4) is 11.1 Å². The summed E-state index contributed by atoms with van der Waals surface area (Å²) in [6.07, 6.45) is 6.87. The molecule has 1 fully saturated rings. The predicted molar refractivity (Wildman–Crippen MR) is 151 cm³/mol. The zero-order chi connectivity index (χ0) is 23.1. The molecule has 0 aromatic heterocycles. The van der Waals surface area contributed by atoms with E-state index in [0.717, 1.165) is 37.8 Å². The fourth-order valence-electron chi connectivity index (χ4n) is 5.83. The molecular formula is C31H27Br2N. The molecule has 2 bridgehead atoms. The first kappa shape index (κ1) is 22.1. The number of halogens is 2. The molecule has 2 unspecified atom stereocenters. The summed E-state index contributed by atoms with van der Waals surface area (Å²) in [5.41, 5.74) is 9.32. The SMILES string of the molecule is Brc1ccc(N(c2ccc(Br)cc2)c2ccc(-c3ccc4c(c3)C3CCCC4CC3)cc2)cc1. The van der Waals surface area contributed by atoms with Crippen LogP contribution in [0.4, 0.5) is 17.1 Å². The van der Waals surface area contributed by atoms with Crippen LogP contribution < -0.4 is 4.90 Å². The third kappa shape index (κ3) is 4.25. The fourth-order valence-corrected chi connectivity index (χ4v) is 6.36. The molecule has 3 aliphatic carbocycles. The Morgan fingerprint density at radius 3 is 1.53 bits per heavy atom. The van der Waals surface area contributed by atoms with Crippen LogP contribution in [0.1, 0.15) is 55.1 Å². The molecule has 0 heterocycles. The van der Waals surface area contributed by atoms with E-state index in [2.05, 4.69) is 128 Å². The van der Waals surface area contributed by atoms with Gasteiger partial charge in [-0.1, -0.05) is 68.6 Å². The third-order valence-corrected chi connectivity index (χ3v) is 8.62. The molecule has 1 saturated carbocycles. The second-order valence-corrected chi connectivity index (χ2v) is 11.4. The van der Waals surface area contributed by atoms with Crippen molar-refractivity contribution in [3.05, 3.63) is 111 Å². The average molecular weight is 573 g/mol. The lowest BCUT2D eigenvalue weighted by molar-refractivity contribution is 0.527. The van der Waals surface area contributed by atoms with E-state index in [-0.39, 0.29) is 0 Å². The Labute approximate surface area is 219 Å². The first-order valence-corrected chi connectivity index (χ1v) is 13.8. The minimum Gasteiger partial charge on any atom is -0.311 e. The van der Waals surface area contributed by atoms with Gasteiger partial charge in [-0.2, -0.15) is 0 Å². The van der Waals surface area contributed by atoms with Crippen molar-refractivity contribution in [3.63, 3.8) is 0 Å². The van der Waals surface area contributed by atoms with Gasteiger partial charge in [0.05, 0.1) is 0 Å². The highest BCUT2D eigenvalue weighted by molar-refractivity contribution is 9.10. The lowest BCUT2D eigenvalue weighted by Crippen LogP contribution is -2.10. The molecule has 0 aliphatic heterocycles. The van der Waals surface area contributed by atoms with E-state index < -0.39 is 0 Å². The Hall–Kier alpha value is -2.36. The van der Waals surface area contributed by atoms with Gasteiger partial charge >= 0.3 is 0 Å². The van der Waals surface area contributed by atoms with Gasteiger partial charge in [-0.3, -0.25) is 0 Å². The van der Waals surface area contributed by atoms with Crippen LogP contribution in [0.25, 0.3) is 11.1 Å². The van der Waals surface area contributed by atoms with Crippen LogP contribution in [0, 0.1) is 0 Å². The zero-order valence-electron chi connectivity index (χ0n) is 19.1. The van der Waals surface area contributed by atoms with Gasteiger partial charge in [-0.15, -0.1) is 0 Å². The van der Waals surface area contributed by atoms with E-state index in [1.165, 1.54) is 43.2 Å². The Bertz CT molecular complexity index is 1240. The highest BCUT2D eigenvalue weighted by Crippen LogP contribution is 2.48. The minimum absolute atomic E-state index is 0.762. The maximum absolute atomic E-state index is 3.57. The van der Waals surface area contributed by atoms with Crippen molar-refractivity contribution in [2.45, 2.75) is 43.9 Å². The smallest absolute Gasteiger partial charge is 0.0462 e. The molecule has 4 aromatic carbocycles. The van der Waals surface area contributed by atoms with Crippen molar-refractivity contribution in [1.82, 2.24) is 0 Å². The highest BCUT2D eigenvalue weighted by atomic mass is 79.9. The molecule has 0 saturated heterocycles. The first-order valence-electron chi connectivity index (χ1n) is 12.2. The van der Waals surface area contributed by atoms with E-state index in [0.29, 0.717) is 0 Å². The summed E-state index contributed by atoms with van der Waals surface area (Å²) in [5, 5.41) is 0. The van der Waals surface area contributed by atoms with Crippen LogP contribution >= 0.6 is 31.9 Å². The topological polar surface area (TPSA) is 3.24 Å². The second-order valence-electron chi connectivity index (χ2n) is 9.58. The van der Waals surface area contributed by atoms with Crippen LogP contribution in [0.5, 0.6) is 0 Å². The Morgan fingerprint density at radius 2 is 0.971 bits per heavy atom. The standard InChI is InChI=1S/C31H27Br2N/c32-25-9-15-28(16-10-25)34(29-17-11-26(33)12-18-29)27-13-6-21(7-14-27)24-8-19-30-22-2-1-3-23(5-4-22)31(30)20-24/h6-20,22-23H,1-5H2. The van der Waals surface area contributed by atoms with Gasteiger partial charge in [0.25, 0.3) is 0 Å². The first-order chi connectivity index (χ1) is 16.7. The Morgan fingerprint density at radius 1 is 0.500 bits per heavy atom. The largest absolute Gasteiger partial charge is 0.311 e. The molecule has 3 heteroatoms. The summed E-state index contributed by atoms with van der Waals surface area (Å²) in [4.78, 5) is 2.30. The Balaban J connectivity index is 1.36. The number of hydrogen-bond donors (Lipinski definition) is 0. The van der Waals surface area contributed by atoms with Crippen LogP contribution in [0.15, 0.2) is 99.9 Å². The summed E-state index contributed by atoms with van der Waals surface area (Å²) in [5.74, 6) is 1.55. The van der Waals surface area contributed by atoms with E-state index in [9.17, 15) is 0 Å². The van der Waals surface area contributed by atoms with Crippen molar-refractivity contribution >= 4 is 48.9 Å². The number of benzene rings is 4. The molecule has 0 N–H and O–H groups in total. The van der Waals surface area contributed by atoms with Crippen LogP contribution in [0.2, 0.25) is 0 Å². The van der Waals surface area contributed by atoms with Gasteiger partial charge in [0, 0.05) is 26.0 Å². The van der Waals surface area contributed by atoms with E-state index >= 15 is 0 Å². The van der Waals surface area contributed by atoms with E-state index in [1.54, 1.807) is 11.1 Å². The molecule has 170 valence electrons. The number of rotatable bonds is 4. The quantitative estimate of drug-likeness (QED) is 0.235. The molecule has 34 heavy (non-hydrogen) atoms. The van der Waals surface area contributed by atoms with E-state index in [4.69, 9.17) is 0 Å². The van der Waals surface area contributed by atoms with Crippen molar-refractivity contribution < 1.29 is 0 Å². The van der Waals surface area contributed by atoms with Crippen molar-refractivity contribution in [2.24, 2.45) is 0 Å². The summed E-state index contributed by atoms with van der Waals surface area (Å²) in [6.45, 7) is 0. The third-order valence-electron chi connectivity index (χ3n) is 7.56. The highest BCUT2D eigenvalue weighted by Gasteiger charge is 2.30. The molecule has 0 spiro atoms. The zero-order valence-corrected chi connectivity index (χ0v) is 22.2. The summed E-state index contributed by atoms with van der Waals surface area (Å²) < 4.78 is 2.17. The average Bonchev–Trinajstić information content (AvgIpc) is 3.22. The molecule has 0 amide bonds. The summed E-state index contributed by atoms with van der Waals surface area (Å²) in [7, 11) is 0. The molecule has 4 aromatic rings. The number of hydrogen-bond acceptors (Lipinski definition) is 1. The fraction of sp³-hybridized carbons (Fsp3) is 0.226. The monoisotopic (exact) mass is 571 g/mol. The van der Waals surface area contributed by atoms with E-state index in [1.807, 2.05) is 0 Å². The molecule has 3 aliphatic rings. The van der Waals surface area contributed by atoms with Gasteiger partial charge in [-0.05, 0) is 120 Å². The minimum atomic E-state index is 0.762. The van der Waals surface area contributed by atoms with Crippen molar-refractivity contribution in [1.29, 1.82) is 0 Å². The van der Waals surface area contributed by atoms with Crippen LogP contribution in [-0.4, -0.2) is 0 Å². The maximum atomic E-state index is 3.57. The van der Waals surface area contributed by atoms with Crippen molar-refractivity contribution in [2.75, 3.05) is 4.90 Å². The molecule has 7 rings (SSSR count). The number of nitrogens with zero attached hydrogens (tertiary/aromatic N) is 1. The number of fused-ring (bicyclic) bond motifs is 3. The van der Waals surface area contributed by atoms with Gasteiger partial charge in [0.1, 0.15) is 0 Å². The molecule has 2 atom stereocenters. The van der Waals surface area contributed by atoms with Crippen LogP contribution in [-0.2, 0) is 0 Å². The molecule has 0 radical (unpaired) electrons. The lowest BCUT2D eigenvalue weighted by Gasteiger charge is -2.28. The molecule has 1 nitrogen and oxygen atoms in total. The van der Waals surface area contributed by atoms with Crippen LogP contribution in [0.3, 0.4) is 0 Å². The Kier molecular flexibility index (Phi) is 6.09. The predicted octanol–water partition coefficient (Wildman–Crippen LogP) is 10.5. The summed E-state index contributed by atoms with van der Waals surface area (Å²) in [6, 6.07) is 33.3. The summed E-state index contributed by atoms with van der Waals surface area (Å²) >= 11 is 7.14. The number of anilines is 3. The lowest BCUT2D eigenvalue weighted by atomic mass is 9.77. The molecular weight excluding hydrogens is 546 g/mol. The maximum Gasteiger partial charge on any atom is 0.0462 e. The van der Waals surface area contributed by atoms with Gasteiger partial charge in [-0.25, -0.2) is 0 Å². The van der Waals surface area contributed by atoms with Gasteiger partial charge in [0.15, 0.2) is 0 Å². The second kappa shape index (κ2) is 9.36. The van der Waals surface area contributed by atoms with Gasteiger partial charge in [0.2, 0.25) is 0 Å². The normalized spacial score (nSPS) is 18.9.